The molecule has 0 radical (unpaired) electrons. The van der Waals surface area contributed by atoms with Crippen LogP contribution in [0.1, 0.15) is 29.6 Å². The van der Waals surface area contributed by atoms with Crippen molar-refractivity contribution < 1.29 is 23.1 Å². The van der Waals surface area contributed by atoms with E-state index in [0.717, 1.165) is 68.5 Å². The van der Waals surface area contributed by atoms with E-state index in [9.17, 15) is 9.59 Å². The summed E-state index contributed by atoms with van der Waals surface area (Å²) in [7, 11) is 0. The number of aromatic nitrogens is 1. The van der Waals surface area contributed by atoms with Gasteiger partial charge in [0.15, 0.2) is 17.3 Å². The summed E-state index contributed by atoms with van der Waals surface area (Å²) in [4.78, 5) is 29.2. The molecule has 0 atom stereocenters. The highest BCUT2D eigenvalue weighted by molar-refractivity contribution is 6.07. The van der Waals surface area contributed by atoms with Crippen LogP contribution in [0.4, 0.5) is 10.1 Å². The third kappa shape index (κ3) is 4.61. The summed E-state index contributed by atoms with van der Waals surface area (Å²) in [6.45, 7) is 5.11. The summed E-state index contributed by atoms with van der Waals surface area (Å²) >= 11 is 0. The van der Waals surface area contributed by atoms with E-state index in [4.69, 9.17) is 13.9 Å². The third-order valence-corrected chi connectivity index (χ3v) is 8.67. The predicted molar refractivity (Wildman–Crippen MR) is 162 cm³/mol. The zero-order valence-corrected chi connectivity index (χ0v) is 23.6. The van der Waals surface area contributed by atoms with Crippen LogP contribution in [-0.4, -0.2) is 61.3 Å². The minimum absolute atomic E-state index is 0.0396. The molecule has 0 unspecified atom stereocenters. The van der Waals surface area contributed by atoms with E-state index in [1.807, 2.05) is 36.4 Å². The Labute approximate surface area is 246 Å². The summed E-state index contributed by atoms with van der Waals surface area (Å²) < 4.78 is 35.6. The monoisotopic (exact) mass is 582 g/mol. The molecule has 0 spiro atoms. The molecular formula is C33H31FN4O5. The number of ether oxygens (including phenoxy) is 2. The highest BCUT2D eigenvalue weighted by atomic mass is 19.1. The Kier molecular flexibility index (Phi) is 6.34. The largest absolute Gasteiger partial charge is 0.456 e. The van der Waals surface area contributed by atoms with Crippen LogP contribution in [0.2, 0.25) is 0 Å². The van der Waals surface area contributed by atoms with Crippen LogP contribution in [-0.2, 0) is 4.74 Å². The number of halogens is 1. The number of carbonyl (C=O) groups is 1. The minimum Gasteiger partial charge on any atom is -0.456 e. The number of fused-ring (bicyclic) bond motifs is 5. The van der Waals surface area contributed by atoms with Gasteiger partial charge in [-0.1, -0.05) is 18.2 Å². The van der Waals surface area contributed by atoms with Crippen molar-refractivity contribution in [1.29, 1.82) is 0 Å². The van der Waals surface area contributed by atoms with E-state index in [2.05, 4.69) is 15.5 Å². The summed E-state index contributed by atoms with van der Waals surface area (Å²) in [5, 5.41) is 8.00. The number of nitrogens with one attached hydrogen (secondary N) is 2. The summed E-state index contributed by atoms with van der Waals surface area (Å²) in [6.07, 6.45) is 4.48. The van der Waals surface area contributed by atoms with Gasteiger partial charge in [-0.2, -0.15) is 0 Å². The molecule has 3 aliphatic rings. The van der Waals surface area contributed by atoms with E-state index >= 15 is 4.39 Å². The van der Waals surface area contributed by atoms with Crippen LogP contribution in [0.3, 0.4) is 0 Å². The van der Waals surface area contributed by atoms with Crippen molar-refractivity contribution in [3.05, 3.63) is 70.3 Å². The lowest BCUT2D eigenvalue weighted by atomic mass is 10.0. The lowest BCUT2D eigenvalue weighted by Gasteiger charge is -2.27. The average Bonchev–Trinajstić information content (AvgIpc) is 3.79. The molecular weight excluding hydrogens is 551 g/mol. The van der Waals surface area contributed by atoms with Gasteiger partial charge >= 0.3 is 0 Å². The molecule has 2 aliphatic heterocycles. The van der Waals surface area contributed by atoms with E-state index in [1.54, 1.807) is 10.8 Å². The standard InChI is InChI=1S/C33H31FN4O5/c34-24-14-22-30-32(29(24)35-8-3-9-37-10-12-41-13-11-37)43-28-15-21-20-4-1-2-5-26(20)42-27(21)16-25(28)38(30)18-23(31(22)39)33(40)36-17-19-6-7-19/h1-2,4-5,14-16,18-19,35H,3,6-13,17H2,(H,36,40). The van der Waals surface area contributed by atoms with Crippen molar-refractivity contribution in [2.45, 2.75) is 19.3 Å². The number of anilines is 1. The van der Waals surface area contributed by atoms with Gasteiger partial charge in [-0.3, -0.25) is 14.5 Å². The second-order valence-corrected chi connectivity index (χ2v) is 11.6. The van der Waals surface area contributed by atoms with Crippen LogP contribution in [0.5, 0.6) is 11.5 Å². The molecule has 1 saturated carbocycles. The fourth-order valence-electron chi connectivity index (χ4n) is 6.16. The number of carbonyl (C=O) groups excluding carboxylic acids is 1. The lowest BCUT2D eigenvalue weighted by Crippen LogP contribution is -2.37. The number of hydrogen-bond donors (Lipinski definition) is 2. The maximum Gasteiger partial charge on any atom is 0.256 e. The van der Waals surface area contributed by atoms with Gasteiger partial charge in [-0.05, 0) is 49.9 Å². The zero-order valence-electron chi connectivity index (χ0n) is 23.6. The van der Waals surface area contributed by atoms with Crippen molar-refractivity contribution in [3.63, 3.8) is 0 Å². The molecule has 5 aromatic rings. The second kappa shape index (κ2) is 10.4. The molecule has 8 rings (SSSR count). The maximum atomic E-state index is 15.8. The Bertz CT molecular complexity index is 1970. The van der Waals surface area contributed by atoms with E-state index in [1.165, 1.54) is 6.07 Å². The molecule has 43 heavy (non-hydrogen) atoms. The molecule has 2 aromatic heterocycles. The van der Waals surface area contributed by atoms with Gasteiger partial charge in [0.2, 0.25) is 5.43 Å². The Morgan fingerprint density at radius 3 is 2.70 bits per heavy atom. The summed E-state index contributed by atoms with van der Waals surface area (Å²) in [5.74, 6) is 0.0758. The van der Waals surface area contributed by atoms with Crippen LogP contribution in [0.15, 0.2) is 57.9 Å². The number of furan rings is 1. The molecule has 9 nitrogen and oxygen atoms in total. The fourth-order valence-corrected chi connectivity index (χ4v) is 6.16. The van der Waals surface area contributed by atoms with Crippen molar-refractivity contribution in [1.82, 2.24) is 14.8 Å². The molecule has 2 fully saturated rings. The van der Waals surface area contributed by atoms with Gasteiger partial charge in [-0.15, -0.1) is 0 Å². The highest BCUT2D eigenvalue weighted by Crippen LogP contribution is 2.47. The third-order valence-electron chi connectivity index (χ3n) is 8.67. The second-order valence-electron chi connectivity index (χ2n) is 11.6. The van der Waals surface area contributed by atoms with Gasteiger partial charge in [0.1, 0.15) is 27.9 Å². The number of nitrogens with zero attached hydrogens (tertiary/aromatic N) is 2. The van der Waals surface area contributed by atoms with Crippen molar-refractivity contribution in [2.75, 3.05) is 51.3 Å². The predicted octanol–water partition coefficient (Wildman–Crippen LogP) is 5.41. The van der Waals surface area contributed by atoms with Gasteiger partial charge in [0.25, 0.3) is 5.91 Å². The Morgan fingerprint density at radius 1 is 1.02 bits per heavy atom. The van der Waals surface area contributed by atoms with Gasteiger partial charge in [0, 0.05) is 49.2 Å². The van der Waals surface area contributed by atoms with Crippen LogP contribution < -0.4 is 20.8 Å². The average molecular weight is 583 g/mol. The van der Waals surface area contributed by atoms with Gasteiger partial charge in [0.05, 0.1) is 24.3 Å². The lowest BCUT2D eigenvalue weighted by molar-refractivity contribution is 0.0378. The van der Waals surface area contributed by atoms with Crippen LogP contribution in [0, 0.1) is 11.7 Å². The molecule has 1 amide bonds. The first-order chi connectivity index (χ1) is 21.0. The van der Waals surface area contributed by atoms with E-state index in [0.29, 0.717) is 41.5 Å². The smallest absolute Gasteiger partial charge is 0.256 e. The van der Waals surface area contributed by atoms with Crippen LogP contribution in [0.25, 0.3) is 38.5 Å². The minimum atomic E-state index is -0.605. The first-order valence-electron chi connectivity index (χ1n) is 14.9. The number of para-hydroxylation sites is 1. The van der Waals surface area contributed by atoms with Crippen LogP contribution >= 0.6 is 0 Å². The number of hydrogen-bond acceptors (Lipinski definition) is 7. The Hall–Kier alpha value is -4.41. The molecule has 2 N–H and O–H groups in total. The first-order valence-corrected chi connectivity index (χ1v) is 14.9. The van der Waals surface area contributed by atoms with Crippen molar-refractivity contribution in [3.8, 4) is 17.2 Å². The Balaban J connectivity index is 1.24. The van der Waals surface area contributed by atoms with E-state index in [-0.39, 0.29) is 22.4 Å². The van der Waals surface area contributed by atoms with Gasteiger partial charge < -0.3 is 29.1 Å². The van der Waals surface area contributed by atoms with Gasteiger partial charge in [-0.25, -0.2) is 4.39 Å². The normalized spacial score (nSPS) is 16.4. The summed E-state index contributed by atoms with van der Waals surface area (Å²) in [5.41, 5.74) is 2.00. The van der Waals surface area contributed by atoms with Crippen molar-refractivity contribution >= 4 is 44.4 Å². The zero-order chi connectivity index (χ0) is 29.1. The molecule has 1 saturated heterocycles. The number of benzene rings is 3. The summed E-state index contributed by atoms with van der Waals surface area (Å²) in [6, 6.07) is 12.7. The fraction of sp³-hybridized carbons (Fsp3) is 0.333. The number of pyridine rings is 1. The number of amides is 1. The van der Waals surface area contributed by atoms with Crippen molar-refractivity contribution in [2.24, 2.45) is 5.92 Å². The highest BCUT2D eigenvalue weighted by Gasteiger charge is 2.30. The number of morpholine rings is 1. The first kappa shape index (κ1) is 26.2. The molecule has 220 valence electrons. The quantitative estimate of drug-likeness (QED) is 0.232. The maximum absolute atomic E-state index is 15.8. The molecule has 0 bridgehead atoms. The molecule has 10 heteroatoms. The molecule has 1 aliphatic carbocycles. The SMILES string of the molecule is O=C(NCC1CC1)c1cn2c3c(c(NCCCN4CCOCC4)c(F)cc3c1=O)Oc1cc3c(cc1-2)oc1ccccc13. The van der Waals surface area contributed by atoms with E-state index < -0.39 is 17.2 Å². The topological polar surface area (TPSA) is 98.0 Å². The molecule has 3 aromatic carbocycles. The Morgan fingerprint density at radius 2 is 1.86 bits per heavy atom. The number of rotatable bonds is 8. The molecule has 4 heterocycles.